The van der Waals surface area contributed by atoms with E-state index in [1.807, 2.05) is 0 Å². The Morgan fingerprint density at radius 2 is 1.00 bits per heavy atom. The Balaban J connectivity index is 2.32. The molecule has 0 saturated carbocycles. The molecule has 0 unspecified atom stereocenters. The van der Waals surface area contributed by atoms with Gasteiger partial charge in [0.25, 0.3) is 0 Å². The van der Waals surface area contributed by atoms with Gasteiger partial charge in [0.1, 0.15) is 0 Å². The summed E-state index contributed by atoms with van der Waals surface area (Å²) in [6, 6.07) is 17.5. The summed E-state index contributed by atoms with van der Waals surface area (Å²) >= 11 is -1.97. The van der Waals surface area contributed by atoms with Crippen LogP contribution in [0, 0.1) is 13.8 Å². The van der Waals surface area contributed by atoms with Crippen LogP contribution in [0.2, 0.25) is 0 Å². The van der Waals surface area contributed by atoms with Gasteiger partial charge in [-0.1, -0.05) is 0 Å². The monoisotopic (exact) mass is 334 g/mol. The third kappa shape index (κ3) is 2.77. The van der Waals surface area contributed by atoms with E-state index < -0.39 is 17.8 Å². The van der Waals surface area contributed by atoms with Gasteiger partial charge in [-0.3, -0.25) is 0 Å². The van der Waals surface area contributed by atoms with Gasteiger partial charge in [-0.2, -0.15) is 0 Å². The zero-order valence-corrected chi connectivity index (χ0v) is 13.2. The molecule has 0 N–H and O–H groups in total. The quantitative estimate of drug-likeness (QED) is 0.762. The molecule has 2 aromatic rings. The molecule has 0 aromatic heterocycles. The van der Waals surface area contributed by atoms with Gasteiger partial charge in [-0.15, -0.1) is 0 Å². The van der Waals surface area contributed by atoms with E-state index in [0.717, 1.165) is 0 Å². The molecule has 0 amide bonds. The normalized spacial score (nSPS) is 10.1. The first kappa shape index (κ1) is 11.9. The molecule has 0 aliphatic carbocycles. The second-order valence-corrected chi connectivity index (χ2v) is 12.0. The van der Waals surface area contributed by atoms with Crippen molar-refractivity contribution < 1.29 is 0 Å². The Hall–Kier alpha value is -0.541. The second-order valence-electron chi connectivity index (χ2n) is 4.06. The van der Waals surface area contributed by atoms with E-state index in [1.54, 1.807) is 0 Å². The van der Waals surface area contributed by atoms with Gasteiger partial charge in [0.05, 0.1) is 0 Å². The van der Waals surface area contributed by atoms with Crippen molar-refractivity contribution in [2.45, 2.75) is 13.8 Å². The molecule has 0 bridgehead atoms. The van der Waals surface area contributed by atoms with Crippen LogP contribution in [0.5, 0.6) is 0 Å². The summed E-state index contributed by atoms with van der Waals surface area (Å²) in [4.78, 5) is 0. The molecule has 0 spiro atoms. The Bertz CT molecular complexity index is 450. The summed E-state index contributed by atoms with van der Waals surface area (Å²) in [5.41, 5.74) is 2.61. The van der Waals surface area contributed by atoms with Crippen molar-refractivity contribution in [2.24, 2.45) is 0 Å². The molecule has 16 heavy (non-hydrogen) atoms. The molecule has 0 aliphatic rings. The van der Waals surface area contributed by atoms with E-state index in [2.05, 4.69) is 62.4 Å². The number of aryl methyl sites for hydroxylation is 2. The molecule has 0 nitrogen and oxygen atoms in total. The first-order valence-corrected chi connectivity index (χ1v) is 12.1. The van der Waals surface area contributed by atoms with Crippen molar-refractivity contribution in [1.29, 1.82) is 0 Å². The van der Waals surface area contributed by atoms with E-state index in [1.165, 1.54) is 18.3 Å². The molecule has 2 rings (SSSR count). The molecule has 0 heterocycles. The Kier molecular flexibility index (Phi) is 3.87. The molecule has 0 fully saturated rings. The van der Waals surface area contributed by atoms with Gasteiger partial charge in [0, 0.05) is 0 Å². The summed E-state index contributed by atoms with van der Waals surface area (Å²) in [6.45, 7) is 4.23. The van der Waals surface area contributed by atoms with Gasteiger partial charge in [-0.05, 0) is 0 Å². The predicted molar refractivity (Wildman–Crippen MR) is 75.0 cm³/mol. The maximum atomic E-state index is 5.75. The van der Waals surface area contributed by atoms with Crippen LogP contribution in [0.15, 0.2) is 48.5 Å². The van der Waals surface area contributed by atoms with Gasteiger partial charge in [-0.25, -0.2) is 0 Å². The fourth-order valence-electron chi connectivity index (χ4n) is 1.58. The Morgan fingerprint density at radius 3 is 1.31 bits per heavy atom. The third-order valence-corrected chi connectivity index (χ3v) is 10.7. The van der Waals surface area contributed by atoms with Crippen LogP contribution in [0.3, 0.4) is 0 Å². The minimum atomic E-state index is -1.97. The summed E-state index contributed by atoms with van der Waals surface area (Å²) in [7, 11) is 5.75. The fraction of sp³-hybridized carbons (Fsp3) is 0.143. The molecule has 2 heteroatoms. The Morgan fingerprint density at radius 1 is 0.688 bits per heavy atom. The van der Waals surface area contributed by atoms with E-state index in [9.17, 15) is 0 Å². The average Bonchev–Trinajstić information content (AvgIpc) is 2.30. The second kappa shape index (κ2) is 5.19. The molecular weight excluding hydrogens is 319 g/mol. The van der Waals surface area contributed by atoms with E-state index in [-0.39, 0.29) is 0 Å². The number of benzene rings is 2. The molecular formula is C14H14SSn. The number of rotatable bonds is 2. The van der Waals surface area contributed by atoms with Gasteiger partial charge in [0.2, 0.25) is 0 Å². The molecule has 2 aromatic carbocycles. The van der Waals surface area contributed by atoms with Crippen molar-refractivity contribution in [2.75, 3.05) is 0 Å². The topological polar surface area (TPSA) is 0 Å². The van der Waals surface area contributed by atoms with Crippen molar-refractivity contribution >= 4 is 34.3 Å². The van der Waals surface area contributed by atoms with Crippen LogP contribution in [-0.2, 0) is 0 Å². The van der Waals surface area contributed by atoms with Crippen LogP contribution in [0.25, 0.3) is 0 Å². The van der Waals surface area contributed by atoms with Crippen molar-refractivity contribution in [3.63, 3.8) is 0 Å². The minimum absolute atomic E-state index is 1.30. The van der Waals surface area contributed by atoms with Crippen molar-refractivity contribution in [3.05, 3.63) is 59.7 Å². The summed E-state index contributed by atoms with van der Waals surface area (Å²) in [5, 5.41) is 0. The van der Waals surface area contributed by atoms with E-state index >= 15 is 0 Å². The van der Waals surface area contributed by atoms with Crippen LogP contribution in [0.1, 0.15) is 11.1 Å². The summed E-state index contributed by atoms with van der Waals surface area (Å²) < 4.78 is 2.79. The standard InChI is InChI=1S/2C7H7.S.Sn/c2*1-7-5-3-2-4-6-7;;/h2*3-6H,1H3;;. The molecule has 0 radical (unpaired) electrons. The van der Waals surface area contributed by atoms with Crippen LogP contribution >= 0.6 is 9.29 Å². The zero-order valence-electron chi connectivity index (χ0n) is 9.53. The number of hydrogen-bond acceptors (Lipinski definition) is 1. The maximum absolute atomic E-state index is 5.75. The molecule has 80 valence electrons. The zero-order chi connectivity index (χ0) is 11.5. The van der Waals surface area contributed by atoms with Crippen molar-refractivity contribution in [3.8, 4) is 0 Å². The first-order valence-electron chi connectivity index (χ1n) is 5.35. The van der Waals surface area contributed by atoms with Crippen LogP contribution in [-0.4, -0.2) is 17.8 Å². The van der Waals surface area contributed by atoms with Gasteiger partial charge in [0.15, 0.2) is 0 Å². The first-order chi connectivity index (χ1) is 7.66. The molecule has 0 atom stereocenters. The van der Waals surface area contributed by atoms with E-state index in [0.29, 0.717) is 0 Å². The SMILES string of the molecule is Cc1cc[c]([Sn](=[S])[c]2ccc(C)cc2)cc1. The van der Waals surface area contributed by atoms with Gasteiger partial charge >= 0.3 is 108 Å². The average molecular weight is 333 g/mol. The van der Waals surface area contributed by atoms with Crippen molar-refractivity contribution in [1.82, 2.24) is 0 Å². The van der Waals surface area contributed by atoms with Crippen LogP contribution in [0.4, 0.5) is 0 Å². The predicted octanol–water partition coefficient (Wildman–Crippen LogP) is 2.61. The van der Waals surface area contributed by atoms with Crippen LogP contribution < -0.4 is 7.16 Å². The molecule has 0 aliphatic heterocycles. The van der Waals surface area contributed by atoms with E-state index in [4.69, 9.17) is 9.29 Å². The fourth-order valence-corrected chi connectivity index (χ4v) is 7.03. The van der Waals surface area contributed by atoms with Gasteiger partial charge < -0.3 is 0 Å². The Labute approximate surface area is 107 Å². The third-order valence-electron chi connectivity index (χ3n) is 2.63. The number of hydrogen-bond donors (Lipinski definition) is 0. The summed E-state index contributed by atoms with van der Waals surface area (Å²) in [5.74, 6) is 0. The molecule has 0 saturated heterocycles. The summed E-state index contributed by atoms with van der Waals surface area (Å²) in [6.07, 6.45) is 0.